The molecule has 0 fully saturated rings. The first-order valence-corrected chi connectivity index (χ1v) is 6.71. The molecule has 0 aromatic heterocycles. The molecular weight excluding hydrogens is 326 g/mol. The first kappa shape index (κ1) is 14.5. The van der Waals surface area contributed by atoms with Crippen LogP contribution >= 0.6 is 15.9 Å². The molecule has 0 heterocycles. The summed E-state index contributed by atoms with van der Waals surface area (Å²) in [5.41, 5.74) is 1.40. The summed E-state index contributed by atoms with van der Waals surface area (Å²) in [4.78, 5) is 0. The van der Waals surface area contributed by atoms with Crippen molar-refractivity contribution in [3.63, 3.8) is 0 Å². The summed E-state index contributed by atoms with van der Waals surface area (Å²) in [6.07, 6.45) is 0. The average Bonchev–Trinajstić information content (AvgIpc) is 2.38. The van der Waals surface area contributed by atoms with E-state index in [2.05, 4.69) is 27.3 Å². The van der Waals surface area contributed by atoms with Gasteiger partial charge in [-0.1, -0.05) is 22.0 Å². The van der Waals surface area contributed by atoms with Crippen LogP contribution in [0.25, 0.3) is 0 Å². The Labute approximate surface area is 124 Å². The highest BCUT2D eigenvalue weighted by Crippen LogP contribution is 2.26. The van der Waals surface area contributed by atoms with Gasteiger partial charge in [-0.15, -0.1) is 0 Å². The molecule has 0 aliphatic heterocycles. The summed E-state index contributed by atoms with van der Waals surface area (Å²) in [5, 5.41) is 12.1. The summed E-state index contributed by atoms with van der Waals surface area (Å²) >= 11 is 3.32. The number of nitrogens with zero attached hydrogens (tertiary/aromatic N) is 1. The van der Waals surface area contributed by atoms with Gasteiger partial charge >= 0.3 is 0 Å². The van der Waals surface area contributed by atoms with Crippen LogP contribution in [0.15, 0.2) is 40.9 Å². The third-order valence-electron chi connectivity index (χ3n) is 2.90. The van der Waals surface area contributed by atoms with Crippen LogP contribution in [0, 0.1) is 23.0 Å². The maximum atomic E-state index is 13.7. The minimum absolute atomic E-state index is 0.343. The van der Waals surface area contributed by atoms with Crippen molar-refractivity contribution in [3.05, 3.63) is 63.6 Å². The Morgan fingerprint density at radius 3 is 2.60 bits per heavy atom. The first-order chi connectivity index (χ1) is 9.51. The smallest absolute Gasteiger partial charge is 0.131 e. The fourth-order valence-electron chi connectivity index (χ4n) is 1.90. The zero-order valence-corrected chi connectivity index (χ0v) is 12.2. The highest BCUT2D eigenvalue weighted by molar-refractivity contribution is 9.10. The lowest BCUT2D eigenvalue weighted by molar-refractivity contribution is 0.566. The van der Waals surface area contributed by atoms with Crippen LogP contribution in [-0.4, -0.2) is 0 Å². The van der Waals surface area contributed by atoms with Crippen molar-refractivity contribution in [2.75, 3.05) is 5.32 Å². The summed E-state index contributed by atoms with van der Waals surface area (Å²) in [6.45, 7) is 1.75. The van der Waals surface area contributed by atoms with Crippen LogP contribution in [0.1, 0.15) is 24.1 Å². The van der Waals surface area contributed by atoms with Crippen LogP contribution in [-0.2, 0) is 0 Å². The molecule has 2 aromatic carbocycles. The van der Waals surface area contributed by atoms with Gasteiger partial charge in [0.1, 0.15) is 17.7 Å². The zero-order valence-electron chi connectivity index (χ0n) is 10.6. The summed E-state index contributed by atoms with van der Waals surface area (Å²) < 4.78 is 27.4. The second kappa shape index (κ2) is 6.02. The quantitative estimate of drug-likeness (QED) is 0.876. The minimum atomic E-state index is -0.612. The minimum Gasteiger partial charge on any atom is -0.377 e. The summed E-state index contributed by atoms with van der Waals surface area (Å²) in [6, 6.07) is 10.3. The van der Waals surface area contributed by atoms with Crippen molar-refractivity contribution in [2.24, 2.45) is 0 Å². The van der Waals surface area contributed by atoms with Crippen LogP contribution in [0.3, 0.4) is 0 Å². The Hall–Kier alpha value is -1.93. The second-order valence-corrected chi connectivity index (χ2v) is 5.25. The number of nitrogens with one attached hydrogen (secondary N) is 1. The zero-order chi connectivity index (χ0) is 14.7. The molecule has 1 atom stereocenters. The van der Waals surface area contributed by atoms with Gasteiger partial charge in [-0.2, -0.15) is 5.26 Å². The standard InChI is InChI=1S/C15H11BrF2N2/c1-9(13-5-4-12(17)7-14(13)18)20-15-6-11(16)3-2-10(15)8-19/h2-7,9,20H,1H3. The molecule has 0 aliphatic rings. The first-order valence-electron chi connectivity index (χ1n) is 5.92. The lowest BCUT2D eigenvalue weighted by Crippen LogP contribution is -2.10. The molecule has 1 unspecified atom stereocenters. The Bertz CT molecular complexity index is 680. The molecule has 2 rings (SSSR count). The third-order valence-corrected chi connectivity index (χ3v) is 3.40. The number of anilines is 1. The maximum Gasteiger partial charge on any atom is 0.131 e. The van der Waals surface area contributed by atoms with E-state index in [1.165, 1.54) is 12.1 Å². The Kier molecular flexibility index (Phi) is 4.35. The predicted molar refractivity (Wildman–Crippen MR) is 77.3 cm³/mol. The molecule has 0 bridgehead atoms. The lowest BCUT2D eigenvalue weighted by Gasteiger charge is -2.17. The van der Waals surface area contributed by atoms with Gasteiger partial charge in [0.15, 0.2) is 0 Å². The molecule has 0 saturated heterocycles. The van der Waals surface area contributed by atoms with Crippen molar-refractivity contribution in [1.82, 2.24) is 0 Å². The van der Waals surface area contributed by atoms with Crippen LogP contribution in [0.4, 0.5) is 14.5 Å². The normalized spacial score (nSPS) is 11.8. The van der Waals surface area contributed by atoms with Crippen LogP contribution in [0.2, 0.25) is 0 Å². The molecule has 102 valence electrons. The highest BCUT2D eigenvalue weighted by Gasteiger charge is 2.13. The van der Waals surface area contributed by atoms with Crippen molar-refractivity contribution in [1.29, 1.82) is 5.26 Å². The average molecular weight is 337 g/mol. The molecule has 0 aliphatic carbocycles. The van der Waals surface area contributed by atoms with E-state index in [9.17, 15) is 8.78 Å². The van der Waals surface area contributed by atoms with Gasteiger partial charge in [0.2, 0.25) is 0 Å². The van der Waals surface area contributed by atoms with Gasteiger partial charge in [0, 0.05) is 16.1 Å². The van der Waals surface area contributed by atoms with Gasteiger partial charge < -0.3 is 5.32 Å². The molecule has 0 spiro atoms. The maximum absolute atomic E-state index is 13.7. The van der Waals surface area contributed by atoms with Gasteiger partial charge in [-0.05, 0) is 31.2 Å². The number of rotatable bonds is 3. The van der Waals surface area contributed by atoms with E-state index < -0.39 is 17.7 Å². The van der Waals surface area contributed by atoms with E-state index in [1.807, 2.05) is 0 Å². The van der Waals surface area contributed by atoms with Crippen molar-refractivity contribution in [2.45, 2.75) is 13.0 Å². The van der Waals surface area contributed by atoms with Gasteiger partial charge in [0.25, 0.3) is 0 Å². The van der Waals surface area contributed by atoms with E-state index in [-0.39, 0.29) is 0 Å². The third kappa shape index (κ3) is 3.14. The van der Waals surface area contributed by atoms with E-state index in [1.54, 1.807) is 25.1 Å². The number of hydrogen-bond donors (Lipinski definition) is 1. The van der Waals surface area contributed by atoms with Crippen molar-refractivity contribution < 1.29 is 8.78 Å². The van der Waals surface area contributed by atoms with Crippen molar-refractivity contribution in [3.8, 4) is 6.07 Å². The largest absolute Gasteiger partial charge is 0.377 e. The SMILES string of the molecule is CC(Nc1cc(Br)ccc1C#N)c1ccc(F)cc1F. The molecule has 0 amide bonds. The Morgan fingerprint density at radius 1 is 1.20 bits per heavy atom. The van der Waals surface area contributed by atoms with Gasteiger partial charge in [-0.25, -0.2) is 8.78 Å². The molecule has 2 aromatic rings. The van der Waals surface area contributed by atoms with Gasteiger partial charge in [0.05, 0.1) is 17.3 Å². The molecule has 0 saturated carbocycles. The van der Waals surface area contributed by atoms with E-state index in [0.29, 0.717) is 16.8 Å². The summed E-state index contributed by atoms with van der Waals surface area (Å²) in [5.74, 6) is -1.22. The number of benzene rings is 2. The molecule has 5 heteroatoms. The predicted octanol–water partition coefficient (Wildman–Crippen LogP) is 4.77. The monoisotopic (exact) mass is 336 g/mol. The summed E-state index contributed by atoms with van der Waals surface area (Å²) in [7, 11) is 0. The molecule has 20 heavy (non-hydrogen) atoms. The van der Waals surface area contributed by atoms with E-state index in [0.717, 1.165) is 10.5 Å². The van der Waals surface area contributed by atoms with E-state index >= 15 is 0 Å². The van der Waals surface area contributed by atoms with Crippen LogP contribution in [0.5, 0.6) is 0 Å². The highest BCUT2D eigenvalue weighted by atomic mass is 79.9. The van der Waals surface area contributed by atoms with Gasteiger partial charge in [-0.3, -0.25) is 0 Å². The van der Waals surface area contributed by atoms with Crippen LogP contribution < -0.4 is 5.32 Å². The number of hydrogen-bond acceptors (Lipinski definition) is 2. The van der Waals surface area contributed by atoms with Crippen molar-refractivity contribution >= 4 is 21.6 Å². The fraction of sp³-hybridized carbons (Fsp3) is 0.133. The second-order valence-electron chi connectivity index (χ2n) is 4.33. The topological polar surface area (TPSA) is 35.8 Å². The lowest BCUT2D eigenvalue weighted by atomic mass is 10.1. The molecular formula is C15H11BrF2N2. The Morgan fingerprint density at radius 2 is 1.95 bits per heavy atom. The fourth-order valence-corrected chi connectivity index (χ4v) is 2.26. The molecule has 0 radical (unpaired) electrons. The molecule has 2 nitrogen and oxygen atoms in total. The van der Waals surface area contributed by atoms with E-state index in [4.69, 9.17) is 5.26 Å². The number of nitriles is 1. The Balaban J connectivity index is 2.30. The molecule has 1 N–H and O–H groups in total. The number of halogens is 3.